The Morgan fingerprint density at radius 2 is 1.62 bits per heavy atom. The van der Waals surface area contributed by atoms with Gasteiger partial charge in [0.15, 0.2) is 0 Å². The Balaban J connectivity index is 0.00000106. The third kappa shape index (κ3) is 4.70. The second-order valence-electron chi connectivity index (χ2n) is 7.34. The third-order valence-electron chi connectivity index (χ3n) is 4.72. The van der Waals surface area contributed by atoms with Crippen LogP contribution in [0.25, 0.3) is 0 Å². The van der Waals surface area contributed by atoms with Gasteiger partial charge in [0.2, 0.25) is 0 Å². The van der Waals surface area contributed by atoms with E-state index in [9.17, 15) is 9.59 Å². The Labute approximate surface area is 128 Å². The van der Waals surface area contributed by atoms with E-state index in [-0.39, 0.29) is 16.9 Å². The molecule has 0 aromatic carbocycles. The maximum absolute atomic E-state index is 11.7. The zero-order valence-electron chi connectivity index (χ0n) is 13.8. The normalized spacial score (nSPS) is 30.9. The van der Waals surface area contributed by atoms with Crippen molar-refractivity contribution >= 4 is 12.4 Å². The number of nitrogens with two attached hydrogens (primary N) is 1. The van der Waals surface area contributed by atoms with E-state index < -0.39 is 5.60 Å². The summed E-state index contributed by atoms with van der Waals surface area (Å²) in [6.07, 6.45) is 6.90. The van der Waals surface area contributed by atoms with Gasteiger partial charge < -0.3 is 20.6 Å². The minimum atomic E-state index is -0.451. The van der Waals surface area contributed by atoms with Crippen LogP contribution in [0.1, 0.15) is 59.3 Å². The van der Waals surface area contributed by atoms with Crippen molar-refractivity contribution in [2.24, 2.45) is 16.6 Å². The predicted molar refractivity (Wildman–Crippen MR) is 83.0 cm³/mol. The van der Waals surface area contributed by atoms with Crippen LogP contribution in [0.5, 0.6) is 0 Å². The number of fused-ring (bicyclic) bond motifs is 3. The lowest BCUT2D eigenvalue weighted by Gasteiger charge is -2.51. The average Bonchev–Trinajstić information content (AvgIpc) is 2.48. The second kappa shape index (κ2) is 6.77. The van der Waals surface area contributed by atoms with Crippen LogP contribution in [-0.2, 0) is 9.53 Å². The summed E-state index contributed by atoms with van der Waals surface area (Å²) in [6.45, 7) is 6.27. The number of hydrogen-bond donors (Lipinski definition) is 2. The number of aldehydes is 1. The molecule has 0 heterocycles. The lowest BCUT2D eigenvalue weighted by atomic mass is 9.54. The number of amides is 1. The standard InChI is InChI=1S/C15H25NO3.CH5N/c1-13(2,3)19-12(18)16-10-14-4-7-15(11-17,8-5-14)9-6-14;1-2/h11H,4-10H2,1-3H3,(H,16,18);2H2,1H3. The lowest BCUT2D eigenvalue weighted by Crippen LogP contribution is -2.48. The van der Waals surface area contributed by atoms with E-state index in [4.69, 9.17) is 4.74 Å². The Kier molecular flexibility index (Phi) is 5.79. The van der Waals surface area contributed by atoms with Crippen molar-refractivity contribution in [2.45, 2.75) is 64.9 Å². The van der Waals surface area contributed by atoms with Gasteiger partial charge in [-0.2, -0.15) is 0 Å². The van der Waals surface area contributed by atoms with Crippen molar-refractivity contribution in [3.05, 3.63) is 0 Å². The van der Waals surface area contributed by atoms with Crippen LogP contribution in [0, 0.1) is 10.8 Å². The highest BCUT2D eigenvalue weighted by Gasteiger charge is 2.48. The molecule has 3 fully saturated rings. The second-order valence-corrected chi connectivity index (χ2v) is 7.34. The molecule has 3 aliphatic carbocycles. The van der Waals surface area contributed by atoms with Gasteiger partial charge in [-0.05, 0) is 71.8 Å². The lowest BCUT2D eigenvalue weighted by molar-refractivity contribution is -0.124. The van der Waals surface area contributed by atoms with Crippen molar-refractivity contribution in [2.75, 3.05) is 13.6 Å². The first-order chi connectivity index (χ1) is 9.78. The van der Waals surface area contributed by atoms with E-state index in [0.29, 0.717) is 6.54 Å². The highest BCUT2D eigenvalue weighted by molar-refractivity contribution is 5.67. The topological polar surface area (TPSA) is 81.4 Å². The van der Waals surface area contributed by atoms with E-state index in [2.05, 4.69) is 11.1 Å². The molecule has 0 saturated heterocycles. The van der Waals surface area contributed by atoms with Crippen molar-refractivity contribution in [3.8, 4) is 0 Å². The molecule has 0 unspecified atom stereocenters. The summed E-state index contributed by atoms with van der Waals surface area (Å²) in [5, 5.41) is 2.91. The quantitative estimate of drug-likeness (QED) is 0.785. The molecule has 3 N–H and O–H groups in total. The molecule has 5 nitrogen and oxygen atoms in total. The molecule has 0 spiro atoms. The maximum Gasteiger partial charge on any atom is 0.407 e. The van der Waals surface area contributed by atoms with Gasteiger partial charge >= 0.3 is 6.09 Å². The predicted octanol–water partition coefficient (Wildman–Crippen LogP) is 2.63. The van der Waals surface area contributed by atoms with E-state index in [1.807, 2.05) is 20.8 Å². The SMILES string of the molecule is CC(C)(C)OC(=O)NCC12CCC(C=O)(CC1)CC2.CN. The van der Waals surface area contributed by atoms with E-state index >= 15 is 0 Å². The first-order valence-corrected chi connectivity index (χ1v) is 7.79. The molecule has 0 radical (unpaired) electrons. The van der Waals surface area contributed by atoms with Crippen molar-refractivity contribution < 1.29 is 14.3 Å². The van der Waals surface area contributed by atoms with Crippen LogP contribution < -0.4 is 11.1 Å². The van der Waals surface area contributed by atoms with Gasteiger partial charge in [-0.15, -0.1) is 0 Å². The fraction of sp³-hybridized carbons (Fsp3) is 0.875. The van der Waals surface area contributed by atoms with Crippen molar-refractivity contribution in [1.29, 1.82) is 0 Å². The van der Waals surface area contributed by atoms with Gasteiger partial charge in [-0.25, -0.2) is 4.79 Å². The van der Waals surface area contributed by atoms with Crippen molar-refractivity contribution in [1.82, 2.24) is 5.32 Å². The molecule has 3 aliphatic rings. The Bertz CT molecular complexity index is 350. The molecule has 0 atom stereocenters. The molecular formula is C16H30N2O3. The smallest absolute Gasteiger partial charge is 0.407 e. The summed E-state index contributed by atoms with van der Waals surface area (Å²) in [5.74, 6) is 0. The van der Waals surface area contributed by atoms with Gasteiger partial charge in [-0.1, -0.05) is 0 Å². The van der Waals surface area contributed by atoms with Crippen LogP contribution in [0.3, 0.4) is 0 Å². The fourth-order valence-electron chi connectivity index (χ4n) is 3.31. The van der Waals surface area contributed by atoms with Gasteiger partial charge in [0.1, 0.15) is 11.9 Å². The molecule has 2 bridgehead atoms. The Hall–Kier alpha value is -1.10. The number of nitrogens with one attached hydrogen (secondary N) is 1. The van der Waals surface area contributed by atoms with Crippen LogP contribution >= 0.6 is 0 Å². The van der Waals surface area contributed by atoms with Gasteiger partial charge in [0.05, 0.1) is 0 Å². The van der Waals surface area contributed by atoms with Crippen LogP contribution in [0.2, 0.25) is 0 Å². The molecule has 3 saturated carbocycles. The molecule has 5 heteroatoms. The number of hydrogen-bond acceptors (Lipinski definition) is 4. The number of carbonyl (C=O) groups excluding carboxylic acids is 2. The van der Waals surface area contributed by atoms with Crippen LogP contribution in [-0.4, -0.2) is 31.6 Å². The van der Waals surface area contributed by atoms with Crippen molar-refractivity contribution in [3.63, 3.8) is 0 Å². The monoisotopic (exact) mass is 298 g/mol. The molecule has 0 aromatic heterocycles. The number of alkyl carbamates (subject to hydrolysis) is 1. The Morgan fingerprint density at radius 3 is 2.00 bits per heavy atom. The van der Waals surface area contributed by atoms with E-state index in [1.54, 1.807) is 0 Å². The number of ether oxygens (including phenoxy) is 1. The minimum Gasteiger partial charge on any atom is -0.444 e. The molecule has 0 aliphatic heterocycles. The highest BCUT2D eigenvalue weighted by atomic mass is 16.6. The minimum absolute atomic E-state index is 0.0479. The first kappa shape index (κ1) is 18.0. The fourth-order valence-corrected chi connectivity index (χ4v) is 3.31. The number of carbonyl (C=O) groups is 2. The van der Waals surface area contributed by atoms with Crippen LogP contribution in [0.4, 0.5) is 4.79 Å². The first-order valence-electron chi connectivity index (χ1n) is 7.79. The van der Waals surface area contributed by atoms with Gasteiger partial charge in [0, 0.05) is 12.0 Å². The summed E-state index contributed by atoms with van der Waals surface area (Å²) in [5.41, 5.74) is 4.20. The third-order valence-corrected chi connectivity index (χ3v) is 4.72. The zero-order chi connectivity index (χ0) is 16.1. The molecule has 3 rings (SSSR count). The van der Waals surface area contributed by atoms with Gasteiger partial charge in [-0.3, -0.25) is 0 Å². The summed E-state index contributed by atoms with van der Waals surface area (Å²) in [4.78, 5) is 22.9. The summed E-state index contributed by atoms with van der Waals surface area (Å²) >= 11 is 0. The summed E-state index contributed by atoms with van der Waals surface area (Å²) in [6, 6.07) is 0. The maximum atomic E-state index is 11.7. The summed E-state index contributed by atoms with van der Waals surface area (Å²) in [7, 11) is 1.50. The zero-order valence-corrected chi connectivity index (χ0v) is 13.8. The van der Waals surface area contributed by atoms with Gasteiger partial charge in [0.25, 0.3) is 0 Å². The summed E-state index contributed by atoms with van der Waals surface area (Å²) < 4.78 is 5.27. The van der Waals surface area contributed by atoms with Crippen LogP contribution in [0.15, 0.2) is 0 Å². The van der Waals surface area contributed by atoms with E-state index in [0.717, 1.165) is 44.8 Å². The molecular weight excluding hydrogens is 268 g/mol. The molecule has 21 heavy (non-hydrogen) atoms. The average molecular weight is 298 g/mol. The molecule has 0 aromatic rings. The van der Waals surface area contributed by atoms with E-state index in [1.165, 1.54) is 7.05 Å². The molecule has 122 valence electrons. The number of rotatable bonds is 3. The Morgan fingerprint density at radius 1 is 1.14 bits per heavy atom. The largest absolute Gasteiger partial charge is 0.444 e. The molecule has 1 amide bonds. The highest BCUT2D eigenvalue weighted by Crippen LogP contribution is 2.55.